The zero-order valence-corrected chi connectivity index (χ0v) is 14.0. The molecule has 1 heteroatoms. The van der Waals surface area contributed by atoms with Gasteiger partial charge in [0, 0.05) is 5.75 Å². The molecule has 0 saturated heterocycles. The van der Waals surface area contributed by atoms with Crippen LogP contribution in [0.1, 0.15) is 67.2 Å². The molecule has 0 unspecified atom stereocenters. The normalized spacial score (nSPS) is 24.7. The molecule has 2 aliphatic rings. The fraction of sp³-hybridized carbons (Fsp3) is 0.765. The van der Waals surface area contributed by atoms with Crippen molar-refractivity contribution >= 4 is 12.6 Å². The van der Waals surface area contributed by atoms with Gasteiger partial charge in [-0.1, -0.05) is 58.8 Å². The van der Waals surface area contributed by atoms with Crippen LogP contribution in [-0.4, -0.2) is 5.75 Å². The fourth-order valence-electron chi connectivity index (χ4n) is 3.13. The second-order valence-corrected chi connectivity index (χ2v) is 6.94. The van der Waals surface area contributed by atoms with Gasteiger partial charge in [-0.05, 0) is 42.1 Å². The zero-order chi connectivity index (χ0) is 14.0. The van der Waals surface area contributed by atoms with Crippen LogP contribution in [0.4, 0.5) is 0 Å². The minimum Gasteiger partial charge on any atom is -0.175 e. The highest BCUT2D eigenvalue weighted by Gasteiger charge is 2.39. The van der Waals surface area contributed by atoms with Crippen molar-refractivity contribution in [1.82, 2.24) is 0 Å². The number of hydrogen-bond acceptors (Lipinski definition) is 1. The first-order valence-corrected chi connectivity index (χ1v) is 8.04. The molecule has 0 aromatic carbocycles. The molecule has 0 aromatic heterocycles. The molecule has 2 aliphatic carbocycles. The molecule has 0 amide bonds. The van der Waals surface area contributed by atoms with E-state index in [9.17, 15) is 0 Å². The van der Waals surface area contributed by atoms with Crippen molar-refractivity contribution in [2.45, 2.75) is 67.2 Å². The molecule has 104 valence electrons. The highest BCUT2D eigenvalue weighted by molar-refractivity contribution is 7.80. The Morgan fingerprint density at radius 1 is 1.00 bits per heavy atom. The van der Waals surface area contributed by atoms with E-state index in [1.165, 1.54) is 31.3 Å². The van der Waals surface area contributed by atoms with E-state index in [0.29, 0.717) is 10.8 Å². The van der Waals surface area contributed by atoms with Gasteiger partial charge in [0.2, 0.25) is 0 Å². The summed E-state index contributed by atoms with van der Waals surface area (Å²) in [6, 6.07) is 0. The minimum atomic E-state index is 0.374. The molecule has 0 aromatic rings. The summed E-state index contributed by atoms with van der Waals surface area (Å²) in [7, 11) is 0. The van der Waals surface area contributed by atoms with Crippen LogP contribution >= 0.6 is 12.6 Å². The molecule has 0 nitrogen and oxygen atoms in total. The molecule has 0 fully saturated rings. The average Bonchev–Trinajstić information content (AvgIpc) is 2.37. The predicted octanol–water partition coefficient (Wildman–Crippen LogP) is 5.81. The Labute approximate surface area is 119 Å². The third-order valence-electron chi connectivity index (χ3n) is 4.49. The molecule has 0 saturated carbocycles. The number of allylic oxidation sites excluding steroid dienone is 3. The summed E-state index contributed by atoms with van der Waals surface area (Å²) in [6.45, 7) is 13.6. The predicted molar refractivity (Wildman–Crippen MR) is 86.3 cm³/mol. The van der Waals surface area contributed by atoms with Gasteiger partial charge < -0.3 is 0 Å². The van der Waals surface area contributed by atoms with E-state index in [1.807, 2.05) is 13.8 Å². The number of rotatable bonds is 1. The maximum atomic E-state index is 4.43. The highest BCUT2D eigenvalue weighted by Crippen LogP contribution is 2.52. The largest absolute Gasteiger partial charge is 0.175 e. The third-order valence-corrected chi connectivity index (χ3v) is 4.90. The lowest BCUT2D eigenvalue weighted by molar-refractivity contribution is 0.257. The van der Waals surface area contributed by atoms with Gasteiger partial charge in [0.1, 0.15) is 0 Å². The summed E-state index contributed by atoms with van der Waals surface area (Å²) in [4.78, 5) is 0. The van der Waals surface area contributed by atoms with Crippen LogP contribution in [0.3, 0.4) is 0 Å². The highest BCUT2D eigenvalue weighted by atomic mass is 32.1. The van der Waals surface area contributed by atoms with Crippen LogP contribution in [0.5, 0.6) is 0 Å². The van der Waals surface area contributed by atoms with Crippen LogP contribution < -0.4 is 0 Å². The molecule has 0 aliphatic heterocycles. The summed E-state index contributed by atoms with van der Waals surface area (Å²) in [5.41, 5.74) is 5.66. The Kier molecular flexibility index (Phi) is 5.17. The number of thiol groups is 1. The van der Waals surface area contributed by atoms with Gasteiger partial charge in [0.25, 0.3) is 0 Å². The van der Waals surface area contributed by atoms with E-state index in [1.54, 1.807) is 11.1 Å². The van der Waals surface area contributed by atoms with Crippen molar-refractivity contribution in [1.29, 1.82) is 0 Å². The summed E-state index contributed by atoms with van der Waals surface area (Å²) in [6.07, 6.45) is 7.59. The van der Waals surface area contributed by atoms with Crippen molar-refractivity contribution in [2.75, 3.05) is 5.75 Å². The first-order valence-electron chi connectivity index (χ1n) is 7.41. The average molecular weight is 266 g/mol. The zero-order valence-electron chi connectivity index (χ0n) is 13.1. The van der Waals surface area contributed by atoms with E-state index in [0.717, 1.165) is 5.75 Å². The van der Waals surface area contributed by atoms with Gasteiger partial charge in [-0.15, -0.1) is 0 Å². The van der Waals surface area contributed by atoms with Crippen molar-refractivity contribution in [3.8, 4) is 0 Å². The van der Waals surface area contributed by atoms with Crippen molar-refractivity contribution < 1.29 is 0 Å². The Bertz CT molecular complexity index is 356. The molecular weight excluding hydrogens is 236 g/mol. The summed E-state index contributed by atoms with van der Waals surface area (Å²) < 4.78 is 0. The first kappa shape index (κ1) is 15.9. The Hall–Kier alpha value is -0.170. The van der Waals surface area contributed by atoms with Gasteiger partial charge >= 0.3 is 0 Å². The van der Waals surface area contributed by atoms with Gasteiger partial charge in [-0.25, -0.2) is 0 Å². The quantitative estimate of drug-likeness (QED) is 0.569. The SMILES string of the molecule is CC.CC1(C)CCC(C)(C)C2=C1C=C(CS)CC2. The van der Waals surface area contributed by atoms with Gasteiger partial charge in [-0.2, -0.15) is 12.6 Å². The van der Waals surface area contributed by atoms with E-state index >= 15 is 0 Å². The minimum absolute atomic E-state index is 0.374. The third kappa shape index (κ3) is 3.04. The van der Waals surface area contributed by atoms with Gasteiger partial charge in [0.15, 0.2) is 0 Å². The number of hydrogen-bond donors (Lipinski definition) is 1. The lowest BCUT2D eigenvalue weighted by atomic mass is 9.60. The first-order chi connectivity index (χ1) is 8.37. The molecule has 0 radical (unpaired) electrons. The second-order valence-electron chi connectivity index (χ2n) is 6.62. The molecular formula is C17H30S. The van der Waals surface area contributed by atoms with E-state index < -0.39 is 0 Å². The standard InChI is InChI=1S/C15H24S.C2H6/c1-14(2)7-8-15(3,4)13-9-11(10-16)5-6-12(13)14;1-2/h9,16H,5-8,10H2,1-4H3;1-2H3. The Morgan fingerprint density at radius 3 is 2.11 bits per heavy atom. The van der Waals surface area contributed by atoms with Crippen LogP contribution in [0.25, 0.3) is 0 Å². The maximum absolute atomic E-state index is 4.43. The molecule has 0 heterocycles. The van der Waals surface area contributed by atoms with E-state index in [-0.39, 0.29) is 0 Å². The van der Waals surface area contributed by atoms with Crippen LogP contribution in [0.15, 0.2) is 22.8 Å². The van der Waals surface area contributed by atoms with Crippen molar-refractivity contribution in [3.63, 3.8) is 0 Å². The van der Waals surface area contributed by atoms with Crippen LogP contribution in [0, 0.1) is 10.8 Å². The van der Waals surface area contributed by atoms with Crippen molar-refractivity contribution in [2.24, 2.45) is 10.8 Å². The summed E-state index contributed by atoms with van der Waals surface area (Å²) >= 11 is 4.43. The van der Waals surface area contributed by atoms with E-state index in [2.05, 4.69) is 46.4 Å². The van der Waals surface area contributed by atoms with Gasteiger partial charge in [-0.3, -0.25) is 0 Å². The second kappa shape index (κ2) is 5.86. The monoisotopic (exact) mass is 266 g/mol. The summed E-state index contributed by atoms with van der Waals surface area (Å²) in [5.74, 6) is 0.924. The van der Waals surface area contributed by atoms with Gasteiger partial charge in [0.05, 0.1) is 0 Å². The fourth-order valence-corrected chi connectivity index (χ4v) is 3.38. The summed E-state index contributed by atoms with van der Waals surface area (Å²) in [5, 5.41) is 0. The van der Waals surface area contributed by atoms with Crippen LogP contribution in [-0.2, 0) is 0 Å². The molecule has 0 bridgehead atoms. The molecule has 0 spiro atoms. The smallest absolute Gasteiger partial charge is 0.0116 e. The lowest BCUT2D eigenvalue weighted by Gasteiger charge is -2.45. The van der Waals surface area contributed by atoms with Crippen LogP contribution in [0.2, 0.25) is 0 Å². The lowest BCUT2D eigenvalue weighted by Crippen LogP contribution is -2.31. The maximum Gasteiger partial charge on any atom is 0.0116 e. The Morgan fingerprint density at radius 2 is 1.56 bits per heavy atom. The van der Waals surface area contributed by atoms with E-state index in [4.69, 9.17) is 0 Å². The van der Waals surface area contributed by atoms with Crippen molar-refractivity contribution in [3.05, 3.63) is 22.8 Å². The Balaban J connectivity index is 0.000000771. The molecule has 18 heavy (non-hydrogen) atoms. The topological polar surface area (TPSA) is 0 Å². The molecule has 0 N–H and O–H groups in total. The molecule has 2 rings (SSSR count). The molecule has 0 atom stereocenters.